The highest BCUT2D eigenvalue weighted by molar-refractivity contribution is 5.32. The van der Waals surface area contributed by atoms with Gasteiger partial charge in [-0.1, -0.05) is 19.3 Å². The highest BCUT2D eigenvalue weighted by Gasteiger charge is 2.23. The van der Waals surface area contributed by atoms with Crippen molar-refractivity contribution in [1.82, 2.24) is 10.2 Å². The number of nitrogens with one attached hydrogen (secondary N) is 1. The molecule has 0 saturated heterocycles. The third-order valence-corrected chi connectivity index (χ3v) is 3.17. The maximum atomic E-state index is 11.8. The first-order valence-electron chi connectivity index (χ1n) is 6.39. The predicted octanol–water partition coefficient (Wildman–Crippen LogP) is 3.74. The second-order valence-electron chi connectivity index (χ2n) is 4.59. The van der Waals surface area contributed by atoms with Crippen molar-refractivity contribution >= 4 is 5.69 Å². The summed E-state index contributed by atoms with van der Waals surface area (Å²) < 4.78 is 23.7. The van der Waals surface area contributed by atoms with E-state index in [4.69, 9.17) is 5.26 Å². The highest BCUT2D eigenvalue weighted by atomic mass is 19.3. The molecule has 0 unspecified atom stereocenters. The summed E-state index contributed by atoms with van der Waals surface area (Å²) in [6.07, 6.45) is 5.35. The summed E-state index contributed by atoms with van der Waals surface area (Å²) in [6, 6.07) is 2.24. The van der Waals surface area contributed by atoms with Gasteiger partial charge in [0.05, 0.1) is 11.0 Å². The normalized spacial score (nSPS) is 15.3. The molecule has 1 aromatic rings. The van der Waals surface area contributed by atoms with Crippen molar-refractivity contribution in [3.05, 3.63) is 22.0 Å². The van der Waals surface area contributed by atoms with E-state index in [9.17, 15) is 18.9 Å². The standard InChI is InChI=1S/C8H13N.C4H3F2N3O2/c9-7-6-8-4-2-1-3-5-8;5-4(6)3-2(9(10)11)1-7-8-3/h8H,1-6H2;1,4H,(H,7,8). The lowest BCUT2D eigenvalue weighted by Crippen LogP contribution is -2.04. The summed E-state index contributed by atoms with van der Waals surface area (Å²) in [6.45, 7) is 0. The van der Waals surface area contributed by atoms with Crippen molar-refractivity contribution in [2.45, 2.75) is 45.0 Å². The Morgan fingerprint density at radius 1 is 1.50 bits per heavy atom. The molecule has 1 heterocycles. The summed E-state index contributed by atoms with van der Waals surface area (Å²) in [5.74, 6) is 0.740. The number of halogens is 2. The Morgan fingerprint density at radius 2 is 2.15 bits per heavy atom. The van der Waals surface area contributed by atoms with Gasteiger partial charge in [0.25, 0.3) is 6.43 Å². The van der Waals surface area contributed by atoms with E-state index in [0.29, 0.717) is 0 Å². The summed E-state index contributed by atoms with van der Waals surface area (Å²) in [5, 5.41) is 23.3. The van der Waals surface area contributed by atoms with Gasteiger partial charge in [-0.3, -0.25) is 15.2 Å². The fourth-order valence-electron chi connectivity index (χ4n) is 2.12. The predicted molar refractivity (Wildman–Crippen MR) is 67.0 cm³/mol. The van der Waals surface area contributed by atoms with E-state index in [0.717, 1.165) is 18.5 Å². The van der Waals surface area contributed by atoms with Crippen molar-refractivity contribution in [3.8, 4) is 6.07 Å². The minimum Gasteiger partial charge on any atom is -0.270 e. The van der Waals surface area contributed by atoms with Gasteiger partial charge >= 0.3 is 5.69 Å². The van der Waals surface area contributed by atoms with Crippen LogP contribution in [0, 0.1) is 27.4 Å². The molecule has 2 rings (SSSR count). The SMILES string of the molecule is N#CCC1CCCCC1.O=[N+]([O-])c1cn[nH]c1C(F)F. The molecule has 0 aliphatic heterocycles. The molecule has 1 aliphatic carbocycles. The van der Waals surface area contributed by atoms with E-state index in [1.54, 1.807) is 0 Å². The molecular formula is C12H16F2N4O2. The molecule has 0 amide bonds. The average Bonchev–Trinajstić information content (AvgIpc) is 2.90. The van der Waals surface area contributed by atoms with Crippen LogP contribution in [0.3, 0.4) is 0 Å². The van der Waals surface area contributed by atoms with Crippen molar-refractivity contribution < 1.29 is 13.7 Å². The van der Waals surface area contributed by atoms with Gasteiger partial charge in [0.1, 0.15) is 6.20 Å². The molecule has 110 valence electrons. The van der Waals surface area contributed by atoms with Gasteiger partial charge in [0.15, 0.2) is 5.69 Å². The molecule has 0 bridgehead atoms. The number of nitrogens with zero attached hydrogens (tertiary/aromatic N) is 3. The van der Waals surface area contributed by atoms with Crippen LogP contribution in [0.1, 0.15) is 50.6 Å². The lowest BCUT2D eigenvalue weighted by atomic mass is 9.87. The Hall–Kier alpha value is -2.04. The Balaban J connectivity index is 0.000000204. The number of rotatable bonds is 3. The number of nitriles is 1. The van der Waals surface area contributed by atoms with Crippen molar-refractivity contribution in [3.63, 3.8) is 0 Å². The Bertz CT molecular complexity index is 464. The van der Waals surface area contributed by atoms with Gasteiger partial charge in [-0.15, -0.1) is 0 Å². The van der Waals surface area contributed by atoms with Crippen LogP contribution >= 0.6 is 0 Å². The van der Waals surface area contributed by atoms with E-state index in [1.165, 1.54) is 32.1 Å². The fraction of sp³-hybridized carbons (Fsp3) is 0.667. The van der Waals surface area contributed by atoms with E-state index in [2.05, 4.69) is 11.2 Å². The zero-order valence-corrected chi connectivity index (χ0v) is 10.9. The van der Waals surface area contributed by atoms with E-state index >= 15 is 0 Å². The van der Waals surface area contributed by atoms with Gasteiger partial charge in [0.2, 0.25) is 0 Å². The van der Waals surface area contributed by atoms with Gasteiger partial charge < -0.3 is 0 Å². The minimum atomic E-state index is -2.89. The van der Waals surface area contributed by atoms with Crippen molar-refractivity contribution in [2.75, 3.05) is 0 Å². The zero-order valence-electron chi connectivity index (χ0n) is 10.9. The topological polar surface area (TPSA) is 95.6 Å². The Kier molecular flexibility index (Phi) is 6.56. The van der Waals surface area contributed by atoms with Crippen LogP contribution in [0.25, 0.3) is 0 Å². The van der Waals surface area contributed by atoms with Gasteiger partial charge in [-0.2, -0.15) is 10.4 Å². The van der Waals surface area contributed by atoms with E-state index in [1.807, 2.05) is 5.10 Å². The van der Waals surface area contributed by atoms with Crippen molar-refractivity contribution in [2.24, 2.45) is 5.92 Å². The second-order valence-corrected chi connectivity index (χ2v) is 4.59. The lowest BCUT2D eigenvalue weighted by molar-refractivity contribution is -0.386. The fourth-order valence-corrected chi connectivity index (χ4v) is 2.12. The van der Waals surface area contributed by atoms with Crippen LogP contribution < -0.4 is 0 Å². The molecule has 0 spiro atoms. The average molecular weight is 286 g/mol. The van der Waals surface area contributed by atoms with Gasteiger partial charge in [-0.05, 0) is 18.8 Å². The first-order chi connectivity index (χ1) is 9.56. The summed E-state index contributed by atoms with van der Waals surface area (Å²) in [7, 11) is 0. The molecule has 1 aromatic heterocycles. The van der Waals surface area contributed by atoms with Crippen LogP contribution in [0.2, 0.25) is 0 Å². The van der Waals surface area contributed by atoms with Crippen LogP contribution in [0.5, 0.6) is 0 Å². The molecule has 0 atom stereocenters. The molecule has 0 aromatic carbocycles. The molecule has 0 radical (unpaired) electrons. The van der Waals surface area contributed by atoms with Crippen LogP contribution in [0.15, 0.2) is 6.20 Å². The number of aromatic nitrogens is 2. The number of nitro groups is 1. The molecular weight excluding hydrogens is 270 g/mol. The molecule has 1 N–H and O–H groups in total. The minimum absolute atomic E-state index is 0.681. The lowest BCUT2D eigenvalue weighted by Gasteiger charge is -2.17. The maximum absolute atomic E-state index is 11.8. The highest BCUT2D eigenvalue weighted by Crippen LogP contribution is 2.26. The first kappa shape index (κ1) is 16.0. The maximum Gasteiger partial charge on any atom is 0.315 e. The van der Waals surface area contributed by atoms with Gasteiger partial charge in [-0.25, -0.2) is 8.78 Å². The van der Waals surface area contributed by atoms with Crippen molar-refractivity contribution in [1.29, 1.82) is 5.26 Å². The van der Waals surface area contributed by atoms with Gasteiger partial charge in [0, 0.05) is 6.42 Å². The first-order valence-corrected chi connectivity index (χ1v) is 6.39. The summed E-state index contributed by atoms with van der Waals surface area (Å²) in [4.78, 5) is 9.09. The molecule has 1 saturated carbocycles. The summed E-state index contributed by atoms with van der Waals surface area (Å²) >= 11 is 0. The zero-order chi connectivity index (χ0) is 15.0. The monoisotopic (exact) mass is 286 g/mol. The molecule has 1 aliphatic rings. The quantitative estimate of drug-likeness (QED) is 0.676. The van der Waals surface area contributed by atoms with Crippen LogP contribution in [0.4, 0.5) is 14.5 Å². The van der Waals surface area contributed by atoms with Crippen LogP contribution in [-0.4, -0.2) is 15.1 Å². The third-order valence-electron chi connectivity index (χ3n) is 3.17. The molecule has 1 fully saturated rings. The number of aromatic amines is 1. The van der Waals surface area contributed by atoms with E-state index in [-0.39, 0.29) is 0 Å². The Morgan fingerprint density at radius 3 is 2.60 bits per heavy atom. The number of alkyl halides is 2. The Labute approximate surface area is 114 Å². The molecule has 20 heavy (non-hydrogen) atoms. The second kappa shape index (κ2) is 8.19. The smallest absolute Gasteiger partial charge is 0.270 e. The van der Waals surface area contributed by atoms with E-state index < -0.39 is 22.7 Å². The number of hydrogen-bond donors (Lipinski definition) is 1. The third kappa shape index (κ3) is 4.91. The summed E-state index contributed by atoms with van der Waals surface area (Å²) in [5.41, 5.74) is -1.44. The van der Waals surface area contributed by atoms with Crippen LogP contribution in [-0.2, 0) is 0 Å². The number of H-pyrrole nitrogens is 1. The molecule has 8 heteroatoms. The largest absolute Gasteiger partial charge is 0.315 e. The molecule has 6 nitrogen and oxygen atoms in total. The number of hydrogen-bond acceptors (Lipinski definition) is 4.